The Morgan fingerprint density at radius 3 is 2.84 bits per heavy atom. The predicted molar refractivity (Wildman–Crippen MR) is 84.6 cm³/mol. The fraction of sp³-hybridized carbons (Fsp3) is 0.214. The molecule has 0 aliphatic rings. The summed E-state index contributed by atoms with van der Waals surface area (Å²) in [5.41, 5.74) is 8.21. The second kappa shape index (κ2) is 6.09. The van der Waals surface area contributed by atoms with Crippen molar-refractivity contribution in [2.45, 2.75) is 6.42 Å². The second-order valence-electron chi connectivity index (χ2n) is 4.29. The maximum atomic E-state index is 8.93. The molecule has 5 heteroatoms. The third-order valence-electron chi connectivity index (χ3n) is 2.89. The van der Waals surface area contributed by atoms with Crippen LogP contribution in [0.5, 0.6) is 0 Å². The standard InChI is InChI=1S/C14H14BrN3S/c1-18(5-4-12-7-11(15)9-19-12)14-6-10(8-16)2-3-13(14)17/h2-3,6-7,9H,4-5,17H2,1H3. The Balaban J connectivity index is 2.07. The molecule has 3 nitrogen and oxygen atoms in total. The van der Waals surface area contributed by atoms with Crippen LogP contribution in [0, 0.1) is 11.3 Å². The number of hydrogen-bond donors (Lipinski definition) is 1. The number of nitriles is 1. The van der Waals surface area contributed by atoms with E-state index < -0.39 is 0 Å². The number of likely N-dealkylation sites (N-methyl/N-ethyl adjacent to an activating group) is 1. The van der Waals surface area contributed by atoms with Crippen LogP contribution in [0.4, 0.5) is 11.4 Å². The minimum atomic E-state index is 0.634. The quantitative estimate of drug-likeness (QED) is 0.867. The Hall–Kier alpha value is -1.51. The highest BCUT2D eigenvalue weighted by Gasteiger charge is 2.07. The summed E-state index contributed by atoms with van der Waals surface area (Å²) in [6.45, 7) is 0.867. The first kappa shape index (κ1) is 13.9. The summed E-state index contributed by atoms with van der Waals surface area (Å²) in [6.07, 6.45) is 0.961. The Bertz CT molecular complexity index is 615. The van der Waals surface area contributed by atoms with E-state index in [4.69, 9.17) is 11.0 Å². The molecule has 0 radical (unpaired) electrons. The molecule has 1 heterocycles. The molecule has 2 rings (SSSR count). The molecule has 1 aromatic heterocycles. The zero-order valence-electron chi connectivity index (χ0n) is 10.6. The molecule has 0 fully saturated rings. The number of nitrogens with zero attached hydrogens (tertiary/aromatic N) is 2. The average molecular weight is 336 g/mol. The van der Waals surface area contributed by atoms with E-state index in [2.05, 4.69) is 38.3 Å². The largest absolute Gasteiger partial charge is 0.397 e. The van der Waals surface area contributed by atoms with E-state index >= 15 is 0 Å². The number of thiophene rings is 1. The maximum absolute atomic E-state index is 8.93. The van der Waals surface area contributed by atoms with Crippen LogP contribution in [-0.2, 0) is 6.42 Å². The van der Waals surface area contributed by atoms with Gasteiger partial charge in [0, 0.05) is 28.3 Å². The van der Waals surface area contributed by atoms with Gasteiger partial charge in [-0.2, -0.15) is 5.26 Å². The summed E-state index contributed by atoms with van der Waals surface area (Å²) in [7, 11) is 2.00. The van der Waals surface area contributed by atoms with Gasteiger partial charge in [0.1, 0.15) is 0 Å². The highest BCUT2D eigenvalue weighted by Crippen LogP contribution is 2.25. The lowest BCUT2D eigenvalue weighted by Crippen LogP contribution is -2.21. The molecule has 0 atom stereocenters. The normalized spacial score (nSPS) is 10.2. The van der Waals surface area contributed by atoms with Crippen LogP contribution < -0.4 is 10.6 Å². The lowest BCUT2D eigenvalue weighted by molar-refractivity contribution is 0.888. The van der Waals surface area contributed by atoms with Crippen molar-refractivity contribution in [3.8, 4) is 6.07 Å². The average Bonchev–Trinajstić information content (AvgIpc) is 2.82. The molecule has 0 amide bonds. The molecule has 98 valence electrons. The summed E-state index contributed by atoms with van der Waals surface area (Å²) >= 11 is 5.20. The van der Waals surface area contributed by atoms with E-state index in [0.717, 1.165) is 23.1 Å². The van der Waals surface area contributed by atoms with Crippen molar-refractivity contribution in [2.75, 3.05) is 24.2 Å². The van der Waals surface area contributed by atoms with E-state index in [-0.39, 0.29) is 0 Å². The zero-order chi connectivity index (χ0) is 13.8. The van der Waals surface area contributed by atoms with Gasteiger partial charge in [-0.25, -0.2) is 0 Å². The molecule has 1 aromatic carbocycles. The molecular formula is C14H14BrN3S. The third-order valence-corrected chi connectivity index (χ3v) is 4.64. The number of halogens is 1. The van der Waals surface area contributed by atoms with Crippen LogP contribution in [0.3, 0.4) is 0 Å². The monoisotopic (exact) mass is 335 g/mol. The zero-order valence-corrected chi connectivity index (χ0v) is 13.0. The molecule has 0 aliphatic heterocycles. The maximum Gasteiger partial charge on any atom is 0.0992 e. The lowest BCUT2D eigenvalue weighted by Gasteiger charge is -2.21. The number of anilines is 2. The van der Waals surface area contributed by atoms with Gasteiger partial charge in [0.2, 0.25) is 0 Å². The summed E-state index contributed by atoms with van der Waals surface area (Å²) in [4.78, 5) is 3.41. The Morgan fingerprint density at radius 1 is 1.42 bits per heavy atom. The van der Waals surface area contributed by atoms with Gasteiger partial charge in [-0.3, -0.25) is 0 Å². The van der Waals surface area contributed by atoms with E-state index in [1.807, 2.05) is 13.1 Å². The molecule has 0 spiro atoms. The Kier molecular flexibility index (Phi) is 4.46. The summed E-state index contributed by atoms with van der Waals surface area (Å²) in [6, 6.07) is 9.63. The van der Waals surface area contributed by atoms with Crippen LogP contribution in [0.2, 0.25) is 0 Å². The van der Waals surface area contributed by atoms with Crippen LogP contribution >= 0.6 is 27.3 Å². The van der Waals surface area contributed by atoms with Crippen LogP contribution in [0.1, 0.15) is 10.4 Å². The van der Waals surface area contributed by atoms with Crippen molar-refractivity contribution in [1.29, 1.82) is 5.26 Å². The van der Waals surface area contributed by atoms with E-state index in [1.165, 1.54) is 4.88 Å². The second-order valence-corrected chi connectivity index (χ2v) is 6.20. The Morgan fingerprint density at radius 2 is 2.21 bits per heavy atom. The number of rotatable bonds is 4. The summed E-state index contributed by atoms with van der Waals surface area (Å²) in [5, 5.41) is 11.0. The summed E-state index contributed by atoms with van der Waals surface area (Å²) in [5.74, 6) is 0. The molecular weight excluding hydrogens is 322 g/mol. The molecule has 0 bridgehead atoms. The van der Waals surface area contributed by atoms with Gasteiger partial charge in [-0.05, 0) is 46.6 Å². The van der Waals surface area contributed by atoms with Gasteiger partial charge < -0.3 is 10.6 Å². The lowest BCUT2D eigenvalue weighted by atomic mass is 10.1. The first-order valence-corrected chi connectivity index (χ1v) is 7.51. The molecule has 2 N–H and O–H groups in total. The van der Waals surface area contributed by atoms with Crippen molar-refractivity contribution >= 4 is 38.6 Å². The molecule has 0 saturated heterocycles. The van der Waals surface area contributed by atoms with E-state index in [1.54, 1.807) is 23.5 Å². The first-order valence-electron chi connectivity index (χ1n) is 5.84. The van der Waals surface area contributed by atoms with Gasteiger partial charge in [0.15, 0.2) is 0 Å². The summed E-state index contributed by atoms with van der Waals surface area (Å²) < 4.78 is 1.13. The van der Waals surface area contributed by atoms with Crippen molar-refractivity contribution in [3.05, 3.63) is 44.6 Å². The van der Waals surface area contributed by atoms with E-state index in [0.29, 0.717) is 11.3 Å². The minimum Gasteiger partial charge on any atom is -0.397 e. The molecule has 2 aromatic rings. The minimum absolute atomic E-state index is 0.634. The van der Waals surface area contributed by atoms with Crippen LogP contribution in [-0.4, -0.2) is 13.6 Å². The van der Waals surface area contributed by atoms with Crippen molar-refractivity contribution in [1.82, 2.24) is 0 Å². The third kappa shape index (κ3) is 3.49. The number of nitrogens with two attached hydrogens (primary N) is 1. The van der Waals surface area contributed by atoms with Crippen LogP contribution in [0.15, 0.2) is 34.1 Å². The number of hydrogen-bond acceptors (Lipinski definition) is 4. The smallest absolute Gasteiger partial charge is 0.0992 e. The van der Waals surface area contributed by atoms with Gasteiger partial charge in [-0.15, -0.1) is 11.3 Å². The highest BCUT2D eigenvalue weighted by molar-refractivity contribution is 9.10. The van der Waals surface area contributed by atoms with E-state index in [9.17, 15) is 0 Å². The predicted octanol–water partition coefficient (Wildman–Crippen LogP) is 3.64. The number of nitrogen functional groups attached to an aromatic ring is 1. The van der Waals surface area contributed by atoms with Crippen molar-refractivity contribution in [2.24, 2.45) is 0 Å². The highest BCUT2D eigenvalue weighted by atomic mass is 79.9. The SMILES string of the molecule is CN(CCc1cc(Br)cs1)c1cc(C#N)ccc1N. The van der Waals surface area contributed by atoms with Crippen molar-refractivity contribution in [3.63, 3.8) is 0 Å². The number of benzene rings is 1. The molecule has 19 heavy (non-hydrogen) atoms. The topological polar surface area (TPSA) is 53.0 Å². The Labute approximate surface area is 125 Å². The molecule has 0 aliphatic carbocycles. The van der Waals surface area contributed by atoms with Gasteiger partial charge in [-0.1, -0.05) is 0 Å². The van der Waals surface area contributed by atoms with Gasteiger partial charge >= 0.3 is 0 Å². The van der Waals surface area contributed by atoms with Crippen molar-refractivity contribution < 1.29 is 0 Å². The van der Waals surface area contributed by atoms with Gasteiger partial charge in [0.25, 0.3) is 0 Å². The van der Waals surface area contributed by atoms with Crippen LogP contribution in [0.25, 0.3) is 0 Å². The fourth-order valence-electron chi connectivity index (χ4n) is 1.83. The fourth-order valence-corrected chi connectivity index (χ4v) is 3.27. The first-order chi connectivity index (χ1) is 9.10. The van der Waals surface area contributed by atoms with Gasteiger partial charge in [0.05, 0.1) is 23.0 Å². The molecule has 0 saturated carbocycles. The molecule has 0 unspecified atom stereocenters.